The predicted octanol–water partition coefficient (Wildman–Crippen LogP) is 1.21. The molecule has 2 N–H and O–H groups in total. The van der Waals surface area contributed by atoms with Crippen LogP contribution in [0.25, 0.3) is 0 Å². The first kappa shape index (κ1) is 11.9. The maximum Gasteiger partial charge on any atom is 0.225 e. The highest BCUT2D eigenvalue weighted by atomic mass is 15.2. The molecule has 15 heavy (non-hydrogen) atoms. The zero-order valence-corrected chi connectivity index (χ0v) is 9.77. The van der Waals surface area contributed by atoms with E-state index in [1.54, 1.807) is 0 Å². The van der Waals surface area contributed by atoms with Crippen molar-refractivity contribution in [3.63, 3.8) is 0 Å². The van der Waals surface area contributed by atoms with Gasteiger partial charge < -0.3 is 10.6 Å². The van der Waals surface area contributed by atoms with Crippen molar-refractivity contribution >= 4 is 5.95 Å². The summed E-state index contributed by atoms with van der Waals surface area (Å²) < 4.78 is 0. The Balaban J connectivity index is 2.69. The molecule has 0 amide bonds. The summed E-state index contributed by atoms with van der Waals surface area (Å²) in [7, 11) is 0. The van der Waals surface area contributed by atoms with E-state index in [4.69, 9.17) is 5.73 Å². The lowest BCUT2D eigenvalue weighted by atomic mass is 10.2. The van der Waals surface area contributed by atoms with Crippen molar-refractivity contribution in [2.45, 2.75) is 20.8 Å². The van der Waals surface area contributed by atoms with Crippen molar-refractivity contribution in [1.82, 2.24) is 9.97 Å². The first-order valence-electron chi connectivity index (χ1n) is 5.41. The molecule has 0 saturated carbocycles. The van der Waals surface area contributed by atoms with E-state index < -0.39 is 0 Å². The molecule has 0 fully saturated rings. The van der Waals surface area contributed by atoms with E-state index in [-0.39, 0.29) is 0 Å². The summed E-state index contributed by atoms with van der Waals surface area (Å²) in [6.07, 6.45) is 3.69. The third-order valence-electron chi connectivity index (χ3n) is 2.37. The Morgan fingerprint density at radius 2 is 2.00 bits per heavy atom. The monoisotopic (exact) mass is 208 g/mol. The average molecular weight is 208 g/mol. The fraction of sp³-hybridized carbons (Fsp3) is 0.636. The number of nitrogens with two attached hydrogens (primary N) is 1. The Hall–Kier alpha value is -1.16. The van der Waals surface area contributed by atoms with E-state index in [1.807, 2.05) is 19.3 Å². The highest BCUT2D eigenvalue weighted by Gasteiger charge is 2.10. The van der Waals surface area contributed by atoms with Crippen molar-refractivity contribution in [2.24, 2.45) is 11.7 Å². The van der Waals surface area contributed by atoms with Crippen molar-refractivity contribution in [2.75, 3.05) is 24.5 Å². The van der Waals surface area contributed by atoms with Gasteiger partial charge in [0.15, 0.2) is 0 Å². The minimum atomic E-state index is 0.467. The molecular weight excluding hydrogens is 188 g/mol. The summed E-state index contributed by atoms with van der Waals surface area (Å²) >= 11 is 0. The van der Waals surface area contributed by atoms with E-state index in [9.17, 15) is 0 Å². The Morgan fingerprint density at radius 1 is 1.40 bits per heavy atom. The van der Waals surface area contributed by atoms with Crippen molar-refractivity contribution in [1.29, 1.82) is 0 Å². The lowest BCUT2D eigenvalue weighted by molar-refractivity contribution is 0.569. The second kappa shape index (κ2) is 5.66. The van der Waals surface area contributed by atoms with Gasteiger partial charge in [-0.15, -0.1) is 0 Å². The molecule has 1 aromatic heterocycles. The van der Waals surface area contributed by atoms with Gasteiger partial charge in [-0.05, 0) is 31.9 Å². The fourth-order valence-corrected chi connectivity index (χ4v) is 1.35. The number of aromatic nitrogens is 2. The second-order valence-electron chi connectivity index (χ2n) is 3.94. The third kappa shape index (κ3) is 3.47. The Morgan fingerprint density at radius 3 is 2.47 bits per heavy atom. The summed E-state index contributed by atoms with van der Waals surface area (Å²) in [6.45, 7) is 8.75. The highest BCUT2D eigenvalue weighted by Crippen LogP contribution is 2.08. The van der Waals surface area contributed by atoms with Crippen LogP contribution in [0.15, 0.2) is 12.4 Å². The largest absolute Gasteiger partial charge is 0.341 e. The minimum absolute atomic E-state index is 0.467. The molecule has 0 spiro atoms. The number of aryl methyl sites for hydroxylation is 1. The van der Waals surface area contributed by atoms with Crippen LogP contribution >= 0.6 is 0 Å². The topological polar surface area (TPSA) is 55.0 Å². The average Bonchev–Trinajstić information content (AvgIpc) is 2.27. The molecule has 1 rings (SSSR count). The number of rotatable bonds is 5. The van der Waals surface area contributed by atoms with Gasteiger partial charge in [0.1, 0.15) is 0 Å². The van der Waals surface area contributed by atoms with Crippen LogP contribution in [0.3, 0.4) is 0 Å². The molecule has 0 aromatic carbocycles. The Kier molecular flexibility index (Phi) is 4.49. The van der Waals surface area contributed by atoms with Crippen LogP contribution in [0.1, 0.15) is 19.4 Å². The van der Waals surface area contributed by atoms with E-state index >= 15 is 0 Å². The smallest absolute Gasteiger partial charge is 0.225 e. The summed E-state index contributed by atoms with van der Waals surface area (Å²) in [5.41, 5.74) is 6.69. The maximum absolute atomic E-state index is 5.61. The minimum Gasteiger partial charge on any atom is -0.341 e. The molecule has 4 nitrogen and oxygen atoms in total. The lowest BCUT2D eigenvalue weighted by Crippen LogP contribution is -2.32. The summed E-state index contributed by atoms with van der Waals surface area (Å²) in [4.78, 5) is 10.8. The molecule has 1 atom stereocenters. The molecule has 0 saturated heterocycles. The molecule has 1 unspecified atom stereocenters. The van der Waals surface area contributed by atoms with Crippen LogP contribution in [0, 0.1) is 12.8 Å². The maximum atomic E-state index is 5.61. The first-order valence-corrected chi connectivity index (χ1v) is 5.41. The third-order valence-corrected chi connectivity index (χ3v) is 2.37. The van der Waals surface area contributed by atoms with Crippen LogP contribution in [0.5, 0.6) is 0 Å². The van der Waals surface area contributed by atoms with Gasteiger partial charge in [-0.2, -0.15) is 0 Å². The van der Waals surface area contributed by atoms with Gasteiger partial charge in [0.25, 0.3) is 0 Å². The van der Waals surface area contributed by atoms with Gasteiger partial charge in [-0.25, -0.2) is 9.97 Å². The highest BCUT2D eigenvalue weighted by molar-refractivity contribution is 5.29. The van der Waals surface area contributed by atoms with Crippen LogP contribution in [-0.4, -0.2) is 29.6 Å². The lowest BCUT2D eigenvalue weighted by Gasteiger charge is -2.23. The van der Waals surface area contributed by atoms with Gasteiger partial charge in [-0.3, -0.25) is 0 Å². The molecule has 1 heterocycles. The van der Waals surface area contributed by atoms with Crippen molar-refractivity contribution in [3.8, 4) is 0 Å². The normalized spacial score (nSPS) is 12.5. The SMILES string of the molecule is CCN(CC(C)CN)c1ncc(C)cn1. The zero-order valence-electron chi connectivity index (χ0n) is 9.77. The fourth-order valence-electron chi connectivity index (χ4n) is 1.35. The summed E-state index contributed by atoms with van der Waals surface area (Å²) in [5.74, 6) is 1.26. The molecule has 0 radical (unpaired) electrons. The van der Waals surface area contributed by atoms with E-state index in [0.717, 1.165) is 24.6 Å². The number of nitrogens with zero attached hydrogens (tertiary/aromatic N) is 3. The van der Waals surface area contributed by atoms with Gasteiger partial charge in [0.2, 0.25) is 5.95 Å². The van der Waals surface area contributed by atoms with Crippen LogP contribution < -0.4 is 10.6 Å². The van der Waals surface area contributed by atoms with Crippen molar-refractivity contribution in [3.05, 3.63) is 18.0 Å². The van der Waals surface area contributed by atoms with Gasteiger partial charge in [0.05, 0.1) is 0 Å². The molecule has 0 aliphatic carbocycles. The molecule has 4 heteroatoms. The zero-order chi connectivity index (χ0) is 11.3. The van der Waals surface area contributed by atoms with Crippen LogP contribution in [0.2, 0.25) is 0 Å². The van der Waals surface area contributed by atoms with E-state index in [0.29, 0.717) is 12.5 Å². The Labute approximate surface area is 91.5 Å². The number of hydrogen-bond acceptors (Lipinski definition) is 4. The van der Waals surface area contributed by atoms with Gasteiger partial charge >= 0.3 is 0 Å². The van der Waals surface area contributed by atoms with Crippen LogP contribution in [-0.2, 0) is 0 Å². The van der Waals surface area contributed by atoms with Crippen molar-refractivity contribution < 1.29 is 0 Å². The van der Waals surface area contributed by atoms with E-state index in [1.165, 1.54) is 0 Å². The van der Waals surface area contributed by atoms with E-state index in [2.05, 4.69) is 28.7 Å². The molecular formula is C11H20N4. The molecule has 0 bridgehead atoms. The molecule has 84 valence electrons. The predicted molar refractivity (Wildman–Crippen MR) is 62.9 cm³/mol. The van der Waals surface area contributed by atoms with Gasteiger partial charge in [0, 0.05) is 25.5 Å². The number of hydrogen-bond donors (Lipinski definition) is 1. The standard InChI is InChI=1S/C11H20N4/c1-4-15(8-9(2)5-12)11-13-6-10(3)7-14-11/h6-7,9H,4-5,8,12H2,1-3H3. The summed E-state index contributed by atoms with van der Waals surface area (Å²) in [5, 5.41) is 0. The quantitative estimate of drug-likeness (QED) is 0.790. The molecule has 0 aliphatic rings. The van der Waals surface area contributed by atoms with Gasteiger partial charge in [-0.1, -0.05) is 6.92 Å². The van der Waals surface area contributed by atoms with Crippen LogP contribution in [0.4, 0.5) is 5.95 Å². The molecule has 1 aromatic rings. The second-order valence-corrected chi connectivity index (χ2v) is 3.94. The first-order chi connectivity index (χ1) is 7.17. The number of anilines is 1. The Bertz CT molecular complexity index is 283. The molecule has 0 aliphatic heterocycles. The summed E-state index contributed by atoms with van der Waals surface area (Å²) in [6, 6.07) is 0.